The first-order valence-electron chi connectivity index (χ1n) is 8.60. The second kappa shape index (κ2) is 7.87. The zero-order valence-electron chi connectivity index (χ0n) is 14.6. The number of aromatic nitrogens is 3. The van der Waals surface area contributed by atoms with Gasteiger partial charge in [0, 0.05) is 18.5 Å². The number of nitrogens with one attached hydrogen (secondary N) is 1. The minimum absolute atomic E-state index is 0.0398. The lowest BCUT2D eigenvalue weighted by molar-refractivity contribution is -0.119. The number of benzene rings is 1. The quantitative estimate of drug-likeness (QED) is 0.583. The predicted molar refractivity (Wildman–Crippen MR) is 101 cm³/mol. The summed E-state index contributed by atoms with van der Waals surface area (Å²) in [6, 6.07) is 10.5. The predicted octanol–water partition coefficient (Wildman–Crippen LogP) is 3.10. The van der Waals surface area contributed by atoms with Crippen molar-refractivity contribution in [1.29, 1.82) is 0 Å². The Hall–Kier alpha value is -2.08. The molecule has 0 bridgehead atoms. The summed E-state index contributed by atoms with van der Waals surface area (Å²) < 4.78 is 1.96. The van der Waals surface area contributed by atoms with Crippen LogP contribution in [0, 0.1) is 6.92 Å². The number of carbonyl (C=O) groups is 1. The Morgan fingerprint density at radius 3 is 2.76 bits per heavy atom. The highest BCUT2D eigenvalue weighted by Crippen LogP contribution is 2.43. The van der Waals surface area contributed by atoms with E-state index in [-0.39, 0.29) is 11.3 Å². The van der Waals surface area contributed by atoms with Gasteiger partial charge in [-0.2, -0.15) is 0 Å². The Balaban J connectivity index is 1.54. The van der Waals surface area contributed by atoms with Gasteiger partial charge < -0.3 is 9.88 Å². The number of hydrogen-bond acceptors (Lipinski definition) is 4. The molecule has 5 nitrogen and oxygen atoms in total. The molecule has 0 spiro atoms. The van der Waals surface area contributed by atoms with Crippen molar-refractivity contribution in [3.63, 3.8) is 0 Å². The lowest BCUT2D eigenvalue weighted by Gasteiger charge is -2.42. The van der Waals surface area contributed by atoms with Crippen LogP contribution in [0.5, 0.6) is 0 Å². The Kier molecular flexibility index (Phi) is 5.58. The molecular formula is C19H24N4OS. The molecule has 1 aromatic carbocycles. The number of amides is 1. The van der Waals surface area contributed by atoms with E-state index in [9.17, 15) is 4.79 Å². The standard InChI is InChI=1S/C19H24N4OS/c1-3-12-23-15(2)21-22-18(23)25-13-17(24)20-14-19(10-7-11-19)16-8-5-4-6-9-16/h3-6,8-9H,1,7,10-14H2,2H3,(H,20,24). The van der Waals surface area contributed by atoms with E-state index in [0.717, 1.165) is 23.8 Å². The lowest BCUT2D eigenvalue weighted by atomic mass is 9.64. The van der Waals surface area contributed by atoms with Crippen LogP contribution in [-0.2, 0) is 16.8 Å². The zero-order chi connectivity index (χ0) is 17.7. The largest absolute Gasteiger partial charge is 0.354 e. The number of rotatable bonds is 8. The van der Waals surface area contributed by atoms with Crippen LogP contribution >= 0.6 is 11.8 Å². The van der Waals surface area contributed by atoms with E-state index in [0.29, 0.717) is 18.8 Å². The smallest absolute Gasteiger partial charge is 0.230 e. The molecule has 132 valence electrons. The summed E-state index contributed by atoms with van der Waals surface area (Å²) in [6.07, 6.45) is 5.30. The third kappa shape index (κ3) is 3.95. The SMILES string of the molecule is C=CCn1c(C)nnc1SCC(=O)NCC1(c2ccccc2)CCC1. The summed E-state index contributed by atoms with van der Waals surface area (Å²) in [5.74, 6) is 1.22. The average molecular weight is 356 g/mol. The normalized spacial score (nSPS) is 15.4. The van der Waals surface area contributed by atoms with Crippen molar-refractivity contribution in [2.75, 3.05) is 12.3 Å². The number of aryl methyl sites for hydroxylation is 1. The number of thioether (sulfide) groups is 1. The molecule has 0 unspecified atom stereocenters. The van der Waals surface area contributed by atoms with Gasteiger partial charge in [0.1, 0.15) is 5.82 Å². The van der Waals surface area contributed by atoms with Crippen LogP contribution < -0.4 is 5.32 Å². The summed E-state index contributed by atoms with van der Waals surface area (Å²) >= 11 is 1.42. The second-order valence-corrected chi connectivity index (χ2v) is 7.44. The van der Waals surface area contributed by atoms with Crippen LogP contribution in [0.15, 0.2) is 48.1 Å². The van der Waals surface area contributed by atoms with E-state index in [4.69, 9.17) is 0 Å². The molecular weight excluding hydrogens is 332 g/mol. The van der Waals surface area contributed by atoms with Crippen LogP contribution in [0.3, 0.4) is 0 Å². The van der Waals surface area contributed by atoms with E-state index < -0.39 is 0 Å². The van der Waals surface area contributed by atoms with Crippen LogP contribution in [0.2, 0.25) is 0 Å². The van der Waals surface area contributed by atoms with Gasteiger partial charge in [0.05, 0.1) is 5.75 Å². The molecule has 1 heterocycles. The molecule has 6 heteroatoms. The maximum absolute atomic E-state index is 12.3. The van der Waals surface area contributed by atoms with Crippen molar-refractivity contribution in [2.24, 2.45) is 0 Å². The molecule has 25 heavy (non-hydrogen) atoms. The molecule has 0 aliphatic heterocycles. The second-order valence-electron chi connectivity index (χ2n) is 6.49. The summed E-state index contributed by atoms with van der Waals surface area (Å²) in [5, 5.41) is 12.1. The lowest BCUT2D eigenvalue weighted by Crippen LogP contribution is -2.46. The van der Waals surface area contributed by atoms with Crippen molar-refractivity contribution >= 4 is 17.7 Å². The minimum atomic E-state index is 0.0398. The Labute approximate surface area is 152 Å². The fourth-order valence-corrected chi connectivity index (χ4v) is 4.04. The molecule has 1 aromatic heterocycles. The van der Waals surface area contributed by atoms with E-state index in [1.807, 2.05) is 17.6 Å². The molecule has 0 saturated heterocycles. The molecule has 1 aliphatic carbocycles. The molecule has 1 saturated carbocycles. The molecule has 0 atom stereocenters. The Morgan fingerprint density at radius 2 is 2.12 bits per heavy atom. The fourth-order valence-electron chi connectivity index (χ4n) is 3.22. The van der Waals surface area contributed by atoms with Gasteiger partial charge in [-0.05, 0) is 25.3 Å². The van der Waals surface area contributed by atoms with E-state index in [1.54, 1.807) is 6.08 Å². The first-order chi connectivity index (χ1) is 12.1. The summed E-state index contributed by atoms with van der Waals surface area (Å²) in [7, 11) is 0. The van der Waals surface area contributed by atoms with Gasteiger partial charge in [0.15, 0.2) is 5.16 Å². The van der Waals surface area contributed by atoms with Crippen molar-refractivity contribution in [1.82, 2.24) is 20.1 Å². The topological polar surface area (TPSA) is 59.8 Å². The highest BCUT2D eigenvalue weighted by atomic mass is 32.2. The van der Waals surface area contributed by atoms with Gasteiger partial charge in [-0.3, -0.25) is 4.79 Å². The van der Waals surface area contributed by atoms with Crippen LogP contribution in [0.1, 0.15) is 30.7 Å². The maximum atomic E-state index is 12.3. The number of hydrogen-bond donors (Lipinski definition) is 1. The van der Waals surface area contributed by atoms with Crippen molar-refractivity contribution in [3.05, 3.63) is 54.4 Å². The van der Waals surface area contributed by atoms with Crippen molar-refractivity contribution in [2.45, 2.75) is 43.3 Å². The monoisotopic (exact) mass is 356 g/mol. The molecule has 1 N–H and O–H groups in total. The molecule has 3 rings (SSSR count). The van der Waals surface area contributed by atoms with E-state index >= 15 is 0 Å². The number of carbonyl (C=O) groups excluding carboxylic acids is 1. The van der Waals surface area contributed by atoms with Gasteiger partial charge >= 0.3 is 0 Å². The molecule has 1 fully saturated rings. The summed E-state index contributed by atoms with van der Waals surface area (Å²) in [4.78, 5) is 12.3. The summed E-state index contributed by atoms with van der Waals surface area (Å²) in [5.41, 5.74) is 1.44. The molecule has 1 aliphatic rings. The minimum Gasteiger partial charge on any atom is -0.354 e. The highest BCUT2D eigenvalue weighted by Gasteiger charge is 2.38. The first kappa shape index (κ1) is 17.7. The molecule has 0 radical (unpaired) electrons. The Bertz CT molecular complexity index is 737. The highest BCUT2D eigenvalue weighted by molar-refractivity contribution is 7.99. The first-order valence-corrected chi connectivity index (χ1v) is 9.59. The van der Waals surface area contributed by atoms with Gasteiger partial charge in [-0.15, -0.1) is 16.8 Å². The van der Waals surface area contributed by atoms with Crippen molar-refractivity contribution < 1.29 is 4.79 Å². The maximum Gasteiger partial charge on any atom is 0.230 e. The third-order valence-electron chi connectivity index (χ3n) is 4.87. The fraction of sp³-hybridized carbons (Fsp3) is 0.421. The van der Waals surface area contributed by atoms with E-state index in [2.05, 4.69) is 46.4 Å². The average Bonchev–Trinajstić information content (AvgIpc) is 2.94. The van der Waals surface area contributed by atoms with Gasteiger partial charge in [0.2, 0.25) is 5.91 Å². The van der Waals surface area contributed by atoms with Crippen LogP contribution in [0.4, 0.5) is 0 Å². The Morgan fingerprint density at radius 1 is 1.36 bits per heavy atom. The third-order valence-corrected chi connectivity index (χ3v) is 5.83. The van der Waals surface area contributed by atoms with Gasteiger partial charge in [0.25, 0.3) is 0 Å². The van der Waals surface area contributed by atoms with Crippen molar-refractivity contribution in [3.8, 4) is 0 Å². The molecule has 1 amide bonds. The van der Waals surface area contributed by atoms with Gasteiger partial charge in [-0.25, -0.2) is 0 Å². The molecule has 2 aromatic rings. The van der Waals surface area contributed by atoms with Gasteiger partial charge in [-0.1, -0.05) is 54.6 Å². The van der Waals surface area contributed by atoms with Crippen LogP contribution in [0.25, 0.3) is 0 Å². The number of nitrogens with zero attached hydrogens (tertiary/aromatic N) is 3. The zero-order valence-corrected chi connectivity index (χ0v) is 15.4. The van der Waals surface area contributed by atoms with Crippen LogP contribution in [-0.4, -0.2) is 33.0 Å². The summed E-state index contributed by atoms with van der Waals surface area (Å²) in [6.45, 7) is 7.01. The van der Waals surface area contributed by atoms with E-state index in [1.165, 1.54) is 23.7 Å². The number of allylic oxidation sites excluding steroid dienone is 1.